The third-order valence-corrected chi connectivity index (χ3v) is 5.89. The lowest BCUT2D eigenvalue weighted by Crippen LogP contribution is -2.29. The first-order valence-electron chi connectivity index (χ1n) is 8.21. The summed E-state index contributed by atoms with van der Waals surface area (Å²) in [6.45, 7) is 2.66. The Kier molecular flexibility index (Phi) is 4.03. The number of rotatable bonds is 3. The van der Waals surface area contributed by atoms with E-state index in [2.05, 4.69) is 54.6 Å². The molecule has 4 rings (SSSR count). The van der Waals surface area contributed by atoms with Gasteiger partial charge in [-0.3, -0.25) is 4.79 Å². The third kappa shape index (κ3) is 2.80. The van der Waals surface area contributed by atoms with E-state index in [4.69, 9.17) is 0 Å². The van der Waals surface area contributed by atoms with Gasteiger partial charge in [0.25, 0.3) is 0 Å². The number of benzene rings is 3. The molecule has 1 aliphatic rings. The zero-order valence-corrected chi connectivity index (χ0v) is 14.4. The molecule has 1 fully saturated rings. The quantitative estimate of drug-likeness (QED) is 0.672. The van der Waals surface area contributed by atoms with Crippen LogP contribution in [0.5, 0.6) is 0 Å². The average molecular weight is 333 g/mol. The van der Waals surface area contributed by atoms with Crippen LogP contribution in [0.15, 0.2) is 72.8 Å². The third-order valence-electron chi connectivity index (χ3n) is 4.50. The molecule has 0 radical (unpaired) electrons. The van der Waals surface area contributed by atoms with Crippen LogP contribution < -0.4 is 0 Å². The van der Waals surface area contributed by atoms with Crippen LogP contribution in [0.2, 0.25) is 0 Å². The molecule has 0 aliphatic carbocycles. The van der Waals surface area contributed by atoms with E-state index >= 15 is 0 Å². The number of carbonyl (C=O) groups excluding carboxylic acids is 1. The molecule has 1 aliphatic heterocycles. The summed E-state index contributed by atoms with van der Waals surface area (Å²) in [5.41, 5.74) is 2.37. The van der Waals surface area contributed by atoms with Gasteiger partial charge in [-0.05, 0) is 34.9 Å². The highest BCUT2D eigenvalue weighted by Gasteiger charge is 2.38. The molecule has 2 nitrogen and oxygen atoms in total. The normalized spacial score (nSPS) is 20.7. The fourth-order valence-electron chi connectivity index (χ4n) is 3.24. The second kappa shape index (κ2) is 6.33. The van der Waals surface area contributed by atoms with E-state index in [1.807, 2.05) is 30.0 Å². The molecule has 0 unspecified atom stereocenters. The number of thioether (sulfide) groups is 1. The Hall–Kier alpha value is -2.26. The second-order valence-electron chi connectivity index (χ2n) is 6.19. The Morgan fingerprint density at radius 2 is 1.62 bits per heavy atom. The highest BCUT2D eigenvalue weighted by Crippen LogP contribution is 2.43. The molecular formula is C21H19NOS. The minimum Gasteiger partial charge on any atom is -0.321 e. The van der Waals surface area contributed by atoms with Crippen molar-refractivity contribution in [2.45, 2.75) is 24.1 Å². The zero-order valence-electron chi connectivity index (χ0n) is 13.6. The van der Waals surface area contributed by atoms with Crippen LogP contribution >= 0.6 is 11.8 Å². The summed E-state index contributed by atoms with van der Waals surface area (Å²) in [6.07, 6.45) is 0. The number of hydrogen-bond donors (Lipinski definition) is 0. The average Bonchev–Trinajstić information content (AvgIpc) is 2.91. The molecule has 0 spiro atoms. The van der Waals surface area contributed by atoms with Crippen molar-refractivity contribution in [3.05, 3.63) is 83.9 Å². The lowest BCUT2D eigenvalue weighted by Gasteiger charge is -2.24. The molecule has 3 aromatic carbocycles. The maximum Gasteiger partial charge on any atom is 0.236 e. The van der Waals surface area contributed by atoms with Crippen LogP contribution in [0.1, 0.15) is 23.4 Å². The van der Waals surface area contributed by atoms with Crippen LogP contribution in [-0.2, 0) is 11.3 Å². The molecule has 3 heteroatoms. The number of fused-ring (bicyclic) bond motifs is 1. The lowest BCUT2D eigenvalue weighted by atomic mass is 10.1. The van der Waals surface area contributed by atoms with Gasteiger partial charge in [0.15, 0.2) is 0 Å². The van der Waals surface area contributed by atoms with E-state index in [1.54, 1.807) is 11.8 Å². The Balaban J connectivity index is 1.66. The summed E-state index contributed by atoms with van der Waals surface area (Å²) >= 11 is 1.73. The van der Waals surface area contributed by atoms with Gasteiger partial charge in [0, 0.05) is 6.54 Å². The van der Waals surface area contributed by atoms with Crippen LogP contribution in [-0.4, -0.2) is 16.1 Å². The van der Waals surface area contributed by atoms with Gasteiger partial charge in [-0.25, -0.2) is 0 Å². The van der Waals surface area contributed by atoms with Crippen molar-refractivity contribution in [3.8, 4) is 0 Å². The first-order valence-corrected chi connectivity index (χ1v) is 9.15. The predicted octanol–water partition coefficient (Wildman–Crippen LogP) is 5.00. The van der Waals surface area contributed by atoms with Gasteiger partial charge in [-0.1, -0.05) is 66.7 Å². The van der Waals surface area contributed by atoms with E-state index in [0.29, 0.717) is 6.54 Å². The molecule has 0 aromatic heterocycles. The minimum atomic E-state index is 0.00987. The van der Waals surface area contributed by atoms with Gasteiger partial charge in [-0.2, -0.15) is 0 Å². The van der Waals surface area contributed by atoms with Gasteiger partial charge in [0.2, 0.25) is 5.91 Å². The summed E-state index contributed by atoms with van der Waals surface area (Å²) in [7, 11) is 0. The van der Waals surface area contributed by atoms with Crippen molar-refractivity contribution in [1.82, 2.24) is 4.90 Å². The number of hydrogen-bond acceptors (Lipinski definition) is 2. The Labute approximate surface area is 146 Å². The first-order chi connectivity index (χ1) is 11.7. The van der Waals surface area contributed by atoms with Gasteiger partial charge in [0.1, 0.15) is 5.37 Å². The van der Waals surface area contributed by atoms with Crippen molar-refractivity contribution in [2.24, 2.45) is 0 Å². The fraction of sp³-hybridized carbons (Fsp3) is 0.190. The van der Waals surface area contributed by atoms with E-state index in [1.165, 1.54) is 21.9 Å². The zero-order chi connectivity index (χ0) is 16.5. The standard InChI is InChI=1S/C21H19NOS/c1-15-20(23)22(21(24-15)18-8-3-2-4-9-18)14-16-11-12-17-7-5-6-10-19(17)13-16/h2-13,15,21H,14H2,1H3/t15-,21+/m0/s1. The number of nitrogens with zero attached hydrogens (tertiary/aromatic N) is 1. The van der Waals surface area contributed by atoms with Crippen LogP contribution in [0, 0.1) is 0 Å². The molecule has 0 saturated carbocycles. The van der Waals surface area contributed by atoms with Crippen molar-refractivity contribution in [1.29, 1.82) is 0 Å². The second-order valence-corrected chi connectivity index (χ2v) is 7.61. The SMILES string of the molecule is C[C@@H]1S[C@H](c2ccccc2)N(Cc2ccc3ccccc3c2)C1=O. The van der Waals surface area contributed by atoms with Gasteiger partial charge < -0.3 is 4.90 Å². The molecule has 3 aromatic rings. The van der Waals surface area contributed by atoms with Crippen LogP contribution in [0.4, 0.5) is 0 Å². The molecule has 120 valence electrons. The largest absolute Gasteiger partial charge is 0.321 e. The molecule has 1 heterocycles. The van der Waals surface area contributed by atoms with Crippen molar-refractivity contribution >= 4 is 28.4 Å². The Morgan fingerprint density at radius 1 is 0.917 bits per heavy atom. The van der Waals surface area contributed by atoms with E-state index in [9.17, 15) is 4.79 Å². The van der Waals surface area contributed by atoms with Crippen molar-refractivity contribution < 1.29 is 4.79 Å². The summed E-state index contributed by atoms with van der Waals surface area (Å²) in [4.78, 5) is 14.7. The first kappa shape index (κ1) is 15.3. The summed E-state index contributed by atoms with van der Waals surface area (Å²) in [5.74, 6) is 0.224. The molecule has 1 amide bonds. The van der Waals surface area contributed by atoms with Gasteiger partial charge >= 0.3 is 0 Å². The summed E-state index contributed by atoms with van der Waals surface area (Å²) < 4.78 is 0. The Morgan fingerprint density at radius 3 is 2.42 bits per heavy atom. The van der Waals surface area contributed by atoms with E-state index < -0.39 is 0 Å². The number of carbonyl (C=O) groups is 1. The van der Waals surface area contributed by atoms with Gasteiger partial charge in [0.05, 0.1) is 5.25 Å². The molecule has 0 N–H and O–H groups in total. The monoisotopic (exact) mass is 333 g/mol. The van der Waals surface area contributed by atoms with Crippen LogP contribution in [0.3, 0.4) is 0 Å². The topological polar surface area (TPSA) is 20.3 Å². The van der Waals surface area contributed by atoms with Crippen molar-refractivity contribution in [3.63, 3.8) is 0 Å². The summed E-state index contributed by atoms with van der Waals surface area (Å²) in [5, 5.41) is 2.56. The molecule has 2 atom stereocenters. The van der Waals surface area contributed by atoms with E-state index in [0.717, 1.165) is 0 Å². The molecule has 24 heavy (non-hydrogen) atoms. The molecule has 1 saturated heterocycles. The smallest absolute Gasteiger partial charge is 0.236 e. The number of amides is 1. The highest BCUT2D eigenvalue weighted by atomic mass is 32.2. The fourth-order valence-corrected chi connectivity index (χ4v) is 4.52. The lowest BCUT2D eigenvalue weighted by molar-refractivity contribution is -0.130. The van der Waals surface area contributed by atoms with Crippen LogP contribution in [0.25, 0.3) is 10.8 Å². The van der Waals surface area contributed by atoms with E-state index in [-0.39, 0.29) is 16.5 Å². The molecular weight excluding hydrogens is 314 g/mol. The maximum absolute atomic E-state index is 12.7. The minimum absolute atomic E-state index is 0.00987. The maximum atomic E-state index is 12.7. The van der Waals surface area contributed by atoms with Gasteiger partial charge in [-0.15, -0.1) is 11.8 Å². The predicted molar refractivity (Wildman–Crippen MR) is 101 cm³/mol. The summed E-state index contributed by atoms with van der Waals surface area (Å²) in [6, 6.07) is 25.1. The van der Waals surface area contributed by atoms with Crippen molar-refractivity contribution in [2.75, 3.05) is 0 Å². The highest BCUT2D eigenvalue weighted by molar-refractivity contribution is 8.01. The Bertz CT molecular complexity index is 877. The molecule has 0 bridgehead atoms.